The van der Waals surface area contributed by atoms with Gasteiger partial charge in [0.15, 0.2) is 11.5 Å². The monoisotopic (exact) mass is 425 g/mol. The predicted molar refractivity (Wildman–Crippen MR) is 128 cm³/mol. The number of hydrogen-bond acceptors (Lipinski definition) is 5. The molecule has 0 aliphatic rings. The van der Waals surface area contributed by atoms with Gasteiger partial charge in [0.2, 0.25) is 0 Å². The van der Waals surface area contributed by atoms with Crippen molar-refractivity contribution in [3.63, 3.8) is 0 Å². The first-order valence-electron chi connectivity index (χ1n) is 10.7. The summed E-state index contributed by atoms with van der Waals surface area (Å²) in [7, 11) is 1.67. The van der Waals surface area contributed by atoms with Crippen molar-refractivity contribution in [1.82, 2.24) is 9.97 Å². The van der Waals surface area contributed by atoms with E-state index in [1.807, 2.05) is 61.1 Å². The molecule has 2 aromatic carbocycles. The Balaban J connectivity index is 1.53. The lowest BCUT2D eigenvalue weighted by molar-refractivity contribution is 0.289. The second-order valence-corrected chi connectivity index (χ2v) is 7.43. The summed E-state index contributed by atoms with van der Waals surface area (Å²) in [5.41, 5.74) is 4.53. The fourth-order valence-electron chi connectivity index (χ4n) is 3.57. The van der Waals surface area contributed by atoms with E-state index in [1.165, 1.54) is 5.56 Å². The molecule has 4 aromatic rings. The van der Waals surface area contributed by atoms with Gasteiger partial charge in [-0.1, -0.05) is 24.3 Å². The van der Waals surface area contributed by atoms with E-state index in [0.717, 1.165) is 41.3 Å². The Hall–Kier alpha value is -3.86. The number of anilines is 2. The minimum Gasteiger partial charge on any atom is -0.493 e. The standard InChI is InChI=1S/C27H27N3O2/c1-31-26-12-11-25(19-27(26)32-18-6-8-22-13-16-28-17-14-22)30(24-9-3-2-4-10-24)21-23-7-5-15-29-20-23/h2-5,7,9-17,19-20H,6,8,18,21H2,1H3. The van der Waals surface area contributed by atoms with Crippen molar-refractivity contribution in [3.05, 3.63) is 109 Å². The Morgan fingerprint density at radius 1 is 0.750 bits per heavy atom. The zero-order valence-electron chi connectivity index (χ0n) is 18.2. The summed E-state index contributed by atoms with van der Waals surface area (Å²) in [6, 6.07) is 24.5. The fraction of sp³-hybridized carbons (Fsp3) is 0.185. The van der Waals surface area contributed by atoms with Crippen LogP contribution in [-0.2, 0) is 13.0 Å². The molecule has 162 valence electrons. The van der Waals surface area contributed by atoms with Crippen LogP contribution in [0.5, 0.6) is 11.5 Å². The highest BCUT2D eigenvalue weighted by molar-refractivity contribution is 5.66. The Kier molecular flexibility index (Phi) is 7.32. The maximum Gasteiger partial charge on any atom is 0.163 e. The Bertz CT molecular complexity index is 1090. The second kappa shape index (κ2) is 11.0. The minimum atomic E-state index is 0.607. The predicted octanol–water partition coefficient (Wildman–Crippen LogP) is 5.84. The van der Waals surface area contributed by atoms with E-state index in [0.29, 0.717) is 13.2 Å². The summed E-state index contributed by atoms with van der Waals surface area (Å²) < 4.78 is 11.7. The van der Waals surface area contributed by atoms with E-state index in [-0.39, 0.29) is 0 Å². The molecule has 5 heteroatoms. The minimum absolute atomic E-state index is 0.607. The zero-order chi connectivity index (χ0) is 22.0. The van der Waals surface area contributed by atoms with Crippen molar-refractivity contribution in [2.45, 2.75) is 19.4 Å². The third kappa shape index (κ3) is 5.64. The number of para-hydroxylation sites is 1. The molecule has 0 unspecified atom stereocenters. The molecule has 0 atom stereocenters. The maximum atomic E-state index is 6.15. The molecule has 0 saturated heterocycles. The summed E-state index contributed by atoms with van der Waals surface area (Å²) in [6.45, 7) is 1.31. The van der Waals surface area contributed by atoms with Crippen LogP contribution in [0.25, 0.3) is 0 Å². The Morgan fingerprint density at radius 3 is 2.34 bits per heavy atom. The molecular formula is C27H27N3O2. The van der Waals surface area contributed by atoms with Gasteiger partial charge in [-0.05, 0) is 66.4 Å². The SMILES string of the molecule is COc1ccc(N(Cc2cccnc2)c2ccccc2)cc1OCCCc1ccncc1. The van der Waals surface area contributed by atoms with E-state index >= 15 is 0 Å². The van der Waals surface area contributed by atoms with Crippen LogP contribution in [0.1, 0.15) is 17.5 Å². The molecule has 0 aliphatic heterocycles. The first-order valence-corrected chi connectivity index (χ1v) is 10.7. The summed E-state index contributed by atoms with van der Waals surface area (Å²) in [5.74, 6) is 1.47. The normalized spacial score (nSPS) is 10.5. The second-order valence-electron chi connectivity index (χ2n) is 7.43. The van der Waals surface area contributed by atoms with Gasteiger partial charge in [-0.3, -0.25) is 9.97 Å². The summed E-state index contributed by atoms with van der Waals surface area (Å²) in [5, 5.41) is 0. The van der Waals surface area contributed by atoms with Gasteiger partial charge in [0.25, 0.3) is 0 Å². The number of hydrogen-bond donors (Lipinski definition) is 0. The van der Waals surface area contributed by atoms with E-state index in [4.69, 9.17) is 9.47 Å². The van der Waals surface area contributed by atoms with E-state index in [2.05, 4.69) is 45.2 Å². The van der Waals surface area contributed by atoms with Gasteiger partial charge in [0, 0.05) is 48.8 Å². The third-order valence-electron chi connectivity index (χ3n) is 5.21. The van der Waals surface area contributed by atoms with E-state index < -0.39 is 0 Å². The van der Waals surface area contributed by atoms with Gasteiger partial charge >= 0.3 is 0 Å². The molecule has 0 fully saturated rings. The van der Waals surface area contributed by atoms with Crippen LogP contribution in [-0.4, -0.2) is 23.7 Å². The van der Waals surface area contributed by atoms with Gasteiger partial charge in [0.05, 0.1) is 13.7 Å². The molecule has 32 heavy (non-hydrogen) atoms. The van der Waals surface area contributed by atoms with Crippen molar-refractivity contribution in [2.24, 2.45) is 0 Å². The average Bonchev–Trinajstić information content (AvgIpc) is 2.87. The lowest BCUT2D eigenvalue weighted by Crippen LogP contribution is -2.16. The lowest BCUT2D eigenvalue weighted by atomic mass is 10.1. The number of pyridine rings is 2. The molecule has 0 radical (unpaired) electrons. The van der Waals surface area contributed by atoms with E-state index in [1.54, 1.807) is 13.3 Å². The highest BCUT2D eigenvalue weighted by Gasteiger charge is 2.14. The lowest BCUT2D eigenvalue weighted by Gasteiger charge is -2.26. The summed E-state index contributed by atoms with van der Waals surface area (Å²) >= 11 is 0. The Morgan fingerprint density at radius 2 is 1.59 bits per heavy atom. The smallest absolute Gasteiger partial charge is 0.163 e. The number of nitrogens with zero attached hydrogens (tertiary/aromatic N) is 3. The third-order valence-corrected chi connectivity index (χ3v) is 5.21. The summed E-state index contributed by atoms with van der Waals surface area (Å²) in [6.07, 6.45) is 9.20. The highest BCUT2D eigenvalue weighted by Crippen LogP contribution is 2.35. The number of benzene rings is 2. The topological polar surface area (TPSA) is 47.5 Å². The maximum absolute atomic E-state index is 6.15. The van der Waals surface area contributed by atoms with Crippen LogP contribution in [0.15, 0.2) is 97.6 Å². The average molecular weight is 426 g/mol. The van der Waals surface area contributed by atoms with Crippen molar-refractivity contribution in [3.8, 4) is 11.5 Å². The molecular weight excluding hydrogens is 398 g/mol. The highest BCUT2D eigenvalue weighted by atomic mass is 16.5. The van der Waals surface area contributed by atoms with Crippen LogP contribution < -0.4 is 14.4 Å². The molecule has 2 aromatic heterocycles. The molecule has 4 rings (SSSR count). The number of aryl methyl sites for hydroxylation is 1. The molecule has 2 heterocycles. The number of rotatable bonds is 10. The molecule has 0 aliphatic carbocycles. The van der Waals surface area contributed by atoms with Gasteiger partial charge < -0.3 is 14.4 Å². The first kappa shape index (κ1) is 21.4. The van der Waals surface area contributed by atoms with Gasteiger partial charge in [-0.25, -0.2) is 0 Å². The van der Waals surface area contributed by atoms with Crippen LogP contribution in [0.4, 0.5) is 11.4 Å². The van der Waals surface area contributed by atoms with Crippen LogP contribution in [0.3, 0.4) is 0 Å². The zero-order valence-corrected chi connectivity index (χ0v) is 18.2. The van der Waals surface area contributed by atoms with Crippen molar-refractivity contribution in [2.75, 3.05) is 18.6 Å². The number of methoxy groups -OCH3 is 1. The van der Waals surface area contributed by atoms with Gasteiger partial charge in [-0.2, -0.15) is 0 Å². The summed E-state index contributed by atoms with van der Waals surface area (Å²) in [4.78, 5) is 10.6. The first-order chi connectivity index (χ1) is 15.8. The van der Waals surface area contributed by atoms with Crippen LogP contribution >= 0.6 is 0 Å². The molecule has 5 nitrogen and oxygen atoms in total. The van der Waals surface area contributed by atoms with Crippen molar-refractivity contribution >= 4 is 11.4 Å². The van der Waals surface area contributed by atoms with E-state index in [9.17, 15) is 0 Å². The molecule has 0 bridgehead atoms. The van der Waals surface area contributed by atoms with Crippen molar-refractivity contribution < 1.29 is 9.47 Å². The van der Waals surface area contributed by atoms with Crippen LogP contribution in [0.2, 0.25) is 0 Å². The Labute approximate surface area is 189 Å². The van der Waals surface area contributed by atoms with Gasteiger partial charge in [0.1, 0.15) is 0 Å². The molecule has 0 N–H and O–H groups in total. The van der Waals surface area contributed by atoms with Gasteiger partial charge in [-0.15, -0.1) is 0 Å². The largest absolute Gasteiger partial charge is 0.493 e. The number of aromatic nitrogens is 2. The van der Waals surface area contributed by atoms with Crippen LogP contribution in [0, 0.1) is 0 Å². The quantitative estimate of drug-likeness (QED) is 0.299. The molecule has 0 saturated carbocycles. The number of ether oxygens (including phenoxy) is 2. The fourth-order valence-corrected chi connectivity index (χ4v) is 3.57. The molecule has 0 spiro atoms. The molecule has 0 amide bonds. The van der Waals surface area contributed by atoms with Crippen molar-refractivity contribution in [1.29, 1.82) is 0 Å².